The van der Waals surface area contributed by atoms with Crippen molar-refractivity contribution >= 4 is 28.2 Å². The lowest BCUT2D eigenvalue weighted by molar-refractivity contribution is 0.0376. The highest BCUT2D eigenvalue weighted by molar-refractivity contribution is 7.16. The quantitative estimate of drug-likeness (QED) is 0.615. The second kappa shape index (κ2) is 8.62. The van der Waals surface area contributed by atoms with Crippen LogP contribution in [0, 0.1) is 5.82 Å². The summed E-state index contributed by atoms with van der Waals surface area (Å²) in [6.07, 6.45) is 6.10. The Labute approximate surface area is 177 Å². The van der Waals surface area contributed by atoms with Gasteiger partial charge < -0.3 is 15.0 Å². The van der Waals surface area contributed by atoms with E-state index in [2.05, 4.69) is 35.3 Å². The lowest BCUT2D eigenvalue weighted by Gasteiger charge is -2.28. The van der Waals surface area contributed by atoms with Crippen LogP contribution in [0.4, 0.5) is 21.3 Å². The molecule has 0 aliphatic carbocycles. The Kier molecular flexibility index (Phi) is 5.56. The Hall–Kier alpha value is -2.63. The zero-order valence-electron chi connectivity index (χ0n) is 16.5. The van der Waals surface area contributed by atoms with Crippen LogP contribution in [0.1, 0.15) is 11.3 Å². The number of morpholine rings is 1. The van der Waals surface area contributed by atoms with E-state index in [-0.39, 0.29) is 0 Å². The summed E-state index contributed by atoms with van der Waals surface area (Å²) in [4.78, 5) is 18.7. The molecule has 11 heteroatoms. The van der Waals surface area contributed by atoms with Crippen molar-refractivity contribution in [1.29, 1.82) is 0 Å². The van der Waals surface area contributed by atoms with E-state index in [1.807, 2.05) is 6.20 Å². The number of halogens is 1. The van der Waals surface area contributed by atoms with Crippen LogP contribution in [0.3, 0.4) is 0 Å². The van der Waals surface area contributed by atoms with E-state index >= 15 is 0 Å². The van der Waals surface area contributed by atoms with Crippen LogP contribution < -0.4 is 10.2 Å². The molecule has 0 atom stereocenters. The molecule has 0 amide bonds. The highest BCUT2D eigenvalue weighted by Crippen LogP contribution is 2.39. The molecule has 0 radical (unpaired) electrons. The summed E-state index contributed by atoms with van der Waals surface area (Å²) in [5, 5.41) is 11.2. The number of rotatable bonds is 6. The fourth-order valence-corrected chi connectivity index (χ4v) is 4.79. The molecular formula is C19H23FN8OS. The number of nitrogens with one attached hydrogen (secondary N) is 2. The first kappa shape index (κ1) is 19.3. The monoisotopic (exact) mass is 430 g/mol. The summed E-state index contributed by atoms with van der Waals surface area (Å²) in [6, 6.07) is 0. The largest absolute Gasteiger partial charge is 0.379 e. The van der Waals surface area contributed by atoms with E-state index < -0.39 is 5.82 Å². The predicted molar refractivity (Wildman–Crippen MR) is 113 cm³/mol. The van der Waals surface area contributed by atoms with E-state index in [0.29, 0.717) is 11.1 Å². The van der Waals surface area contributed by atoms with E-state index in [1.165, 1.54) is 4.88 Å². The van der Waals surface area contributed by atoms with Crippen molar-refractivity contribution in [2.45, 2.75) is 12.8 Å². The van der Waals surface area contributed by atoms with Gasteiger partial charge in [-0.15, -0.1) is 11.3 Å². The second-order valence-electron chi connectivity index (χ2n) is 7.32. The van der Waals surface area contributed by atoms with Crippen molar-refractivity contribution < 1.29 is 9.13 Å². The van der Waals surface area contributed by atoms with Crippen LogP contribution >= 0.6 is 11.3 Å². The molecule has 30 heavy (non-hydrogen) atoms. The molecule has 0 spiro atoms. The number of H-pyrrole nitrogens is 1. The van der Waals surface area contributed by atoms with Gasteiger partial charge in [-0.05, 0) is 6.42 Å². The van der Waals surface area contributed by atoms with Crippen LogP contribution in [0.25, 0.3) is 11.3 Å². The lowest BCUT2D eigenvalue weighted by atomic mass is 10.2. The minimum absolute atomic E-state index is 0.331. The zero-order chi connectivity index (χ0) is 20.3. The maximum atomic E-state index is 13.0. The van der Waals surface area contributed by atoms with Crippen LogP contribution in [0.2, 0.25) is 0 Å². The summed E-state index contributed by atoms with van der Waals surface area (Å²) in [5.74, 6) is 0.885. The zero-order valence-corrected chi connectivity index (χ0v) is 17.3. The summed E-state index contributed by atoms with van der Waals surface area (Å²) in [5.41, 5.74) is 1.95. The Morgan fingerprint density at radius 3 is 2.80 bits per heavy atom. The summed E-state index contributed by atoms with van der Waals surface area (Å²) in [7, 11) is 0. The third-order valence-electron chi connectivity index (χ3n) is 5.34. The van der Waals surface area contributed by atoms with Crippen LogP contribution in [0.5, 0.6) is 0 Å². The first-order valence-corrected chi connectivity index (χ1v) is 10.9. The number of anilines is 3. The van der Waals surface area contributed by atoms with Gasteiger partial charge in [0.2, 0.25) is 5.95 Å². The van der Waals surface area contributed by atoms with Gasteiger partial charge in [-0.3, -0.25) is 10.00 Å². The first-order chi connectivity index (χ1) is 14.8. The number of thiazole rings is 1. The smallest absolute Gasteiger partial charge is 0.229 e. The maximum Gasteiger partial charge on any atom is 0.229 e. The number of aromatic amines is 1. The summed E-state index contributed by atoms with van der Waals surface area (Å²) in [6.45, 7) is 6.65. The number of aromatic nitrogens is 5. The Morgan fingerprint density at radius 1 is 1.13 bits per heavy atom. The van der Waals surface area contributed by atoms with Crippen LogP contribution in [-0.2, 0) is 11.2 Å². The van der Waals surface area contributed by atoms with Crippen molar-refractivity contribution in [1.82, 2.24) is 30.0 Å². The normalized spacial score (nSPS) is 16.8. The van der Waals surface area contributed by atoms with E-state index in [4.69, 9.17) is 9.72 Å². The molecule has 1 fully saturated rings. The van der Waals surface area contributed by atoms with Crippen molar-refractivity contribution in [3.8, 4) is 11.3 Å². The van der Waals surface area contributed by atoms with Crippen molar-refractivity contribution in [3.05, 3.63) is 29.3 Å². The Bertz CT molecular complexity index is 985. The first-order valence-electron chi connectivity index (χ1n) is 10.1. The standard InChI is InChI=1S/C19H23FN8OS/c20-13-10-21-18(22-11-13)25-19-24-16-14-12-23-26-17(14)28(5-2-15(16)30-19)4-1-3-27-6-8-29-9-7-27/h10-12H,1-9H2,(H,23,26)(H,21,22,24,25). The topological polar surface area (TPSA) is 95.1 Å². The van der Waals surface area contributed by atoms with Gasteiger partial charge in [0, 0.05) is 44.0 Å². The van der Waals surface area contributed by atoms with Gasteiger partial charge in [-0.25, -0.2) is 19.3 Å². The molecule has 0 saturated carbocycles. The van der Waals surface area contributed by atoms with E-state index in [9.17, 15) is 4.39 Å². The third-order valence-corrected chi connectivity index (χ3v) is 6.37. The van der Waals surface area contributed by atoms with E-state index in [1.54, 1.807) is 11.3 Å². The molecule has 3 aromatic rings. The van der Waals surface area contributed by atoms with Crippen LogP contribution in [-0.4, -0.2) is 76.0 Å². The summed E-state index contributed by atoms with van der Waals surface area (Å²) < 4.78 is 18.5. The molecule has 2 aliphatic heterocycles. The number of ether oxygens (including phenoxy) is 1. The second-order valence-corrected chi connectivity index (χ2v) is 8.40. The molecule has 2 N–H and O–H groups in total. The average Bonchev–Trinajstić information content (AvgIpc) is 3.37. The number of fused-ring (bicyclic) bond motifs is 3. The SMILES string of the molecule is Fc1cnc(Nc2nc3c(s2)CCN(CCCN2CCOCC2)c2[nH]ncc2-3)nc1. The predicted octanol–water partition coefficient (Wildman–Crippen LogP) is 2.29. The summed E-state index contributed by atoms with van der Waals surface area (Å²) >= 11 is 1.58. The molecule has 3 aromatic heterocycles. The number of hydrogen-bond donors (Lipinski definition) is 2. The van der Waals surface area contributed by atoms with Gasteiger partial charge in [0.25, 0.3) is 0 Å². The van der Waals surface area contributed by atoms with Gasteiger partial charge in [0.1, 0.15) is 5.82 Å². The molecule has 2 aliphatic rings. The van der Waals surface area contributed by atoms with Gasteiger partial charge >= 0.3 is 0 Å². The maximum absolute atomic E-state index is 13.0. The van der Waals surface area contributed by atoms with Crippen molar-refractivity contribution in [3.63, 3.8) is 0 Å². The molecule has 5 heterocycles. The van der Waals surface area contributed by atoms with E-state index in [0.717, 1.165) is 88.2 Å². The Balaban J connectivity index is 1.28. The van der Waals surface area contributed by atoms with Crippen molar-refractivity contribution in [2.75, 3.05) is 56.2 Å². The molecule has 0 unspecified atom stereocenters. The number of nitrogens with zero attached hydrogens (tertiary/aromatic N) is 6. The molecule has 9 nitrogen and oxygen atoms in total. The van der Waals surface area contributed by atoms with Gasteiger partial charge in [0.05, 0.1) is 43.1 Å². The molecule has 0 bridgehead atoms. The van der Waals surface area contributed by atoms with Gasteiger partial charge in [-0.1, -0.05) is 0 Å². The van der Waals surface area contributed by atoms with Gasteiger partial charge in [-0.2, -0.15) is 5.10 Å². The molecule has 158 valence electrons. The fraction of sp³-hybridized carbons (Fsp3) is 0.474. The third kappa shape index (κ3) is 4.13. The van der Waals surface area contributed by atoms with Gasteiger partial charge in [0.15, 0.2) is 10.9 Å². The van der Waals surface area contributed by atoms with Crippen molar-refractivity contribution in [2.24, 2.45) is 0 Å². The molecule has 1 saturated heterocycles. The molecular weight excluding hydrogens is 407 g/mol. The van der Waals surface area contributed by atoms with Crippen LogP contribution in [0.15, 0.2) is 18.6 Å². The fourth-order valence-electron chi connectivity index (χ4n) is 3.83. The lowest BCUT2D eigenvalue weighted by Crippen LogP contribution is -2.38. The highest BCUT2D eigenvalue weighted by atomic mass is 32.1. The molecule has 0 aromatic carbocycles. The average molecular weight is 431 g/mol. The minimum atomic E-state index is -0.466. The molecule has 5 rings (SSSR count). The highest BCUT2D eigenvalue weighted by Gasteiger charge is 2.25. The minimum Gasteiger partial charge on any atom is -0.379 e. The number of hydrogen-bond acceptors (Lipinski definition) is 9. The Morgan fingerprint density at radius 2 is 1.97 bits per heavy atom.